The third-order valence-corrected chi connectivity index (χ3v) is 3.70. The van der Waals surface area contributed by atoms with Gasteiger partial charge in [0.15, 0.2) is 0 Å². The van der Waals surface area contributed by atoms with E-state index in [1.54, 1.807) is 47.2 Å². The lowest BCUT2D eigenvalue weighted by Crippen LogP contribution is -2.20. The summed E-state index contributed by atoms with van der Waals surface area (Å²) < 4.78 is 1.55. The minimum absolute atomic E-state index is 0.130. The number of fused-ring (bicyclic) bond motifs is 1. The predicted molar refractivity (Wildman–Crippen MR) is 85.7 cm³/mol. The average Bonchev–Trinajstić information content (AvgIpc) is 2.50. The van der Waals surface area contributed by atoms with Crippen LogP contribution < -0.4 is 5.56 Å². The Kier molecular flexibility index (Phi) is 3.69. The number of rotatable bonds is 3. The van der Waals surface area contributed by atoms with E-state index in [4.69, 9.17) is 16.7 Å². The Labute approximate surface area is 131 Å². The number of aromatic carboxylic acids is 1. The third kappa shape index (κ3) is 2.73. The van der Waals surface area contributed by atoms with E-state index in [0.29, 0.717) is 17.0 Å². The first-order valence-electron chi connectivity index (χ1n) is 6.65. The lowest BCUT2D eigenvalue weighted by atomic mass is 10.1. The molecule has 22 heavy (non-hydrogen) atoms. The molecule has 0 amide bonds. The van der Waals surface area contributed by atoms with Crippen LogP contribution in [0.25, 0.3) is 10.8 Å². The van der Waals surface area contributed by atoms with Crippen molar-refractivity contribution in [1.82, 2.24) is 4.57 Å². The maximum absolute atomic E-state index is 12.5. The van der Waals surface area contributed by atoms with Crippen molar-refractivity contribution in [3.8, 4) is 0 Å². The van der Waals surface area contributed by atoms with Crippen molar-refractivity contribution >= 4 is 28.3 Å². The van der Waals surface area contributed by atoms with Gasteiger partial charge in [-0.2, -0.15) is 0 Å². The Balaban J connectivity index is 2.03. The number of aromatic nitrogens is 1. The maximum Gasteiger partial charge on any atom is 0.335 e. The van der Waals surface area contributed by atoms with Crippen molar-refractivity contribution < 1.29 is 9.90 Å². The molecule has 2 aromatic carbocycles. The van der Waals surface area contributed by atoms with Gasteiger partial charge in [-0.25, -0.2) is 4.79 Å². The van der Waals surface area contributed by atoms with E-state index in [2.05, 4.69) is 0 Å². The number of hydrogen-bond donors (Lipinski definition) is 1. The van der Waals surface area contributed by atoms with Gasteiger partial charge in [0.2, 0.25) is 0 Å². The molecule has 0 saturated heterocycles. The topological polar surface area (TPSA) is 59.3 Å². The molecule has 4 nitrogen and oxygen atoms in total. The quantitative estimate of drug-likeness (QED) is 0.806. The molecule has 0 radical (unpaired) electrons. The van der Waals surface area contributed by atoms with Crippen LogP contribution in [0, 0.1) is 0 Å². The average molecular weight is 314 g/mol. The zero-order valence-corrected chi connectivity index (χ0v) is 12.2. The Morgan fingerprint density at radius 2 is 1.95 bits per heavy atom. The van der Waals surface area contributed by atoms with Crippen molar-refractivity contribution in [2.45, 2.75) is 6.54 Å². The standard InChI is InChI=1S/C17H12ClNO3/c18-14-4-5-15-12(9-14)6-7-19(16(15)20)10-11-2-1-3-13(8-11)17(21)22/h1-9H,10H2,(H,21,22). The van der Waals surface area contributed by atoms with Crippen LogP contribution in [0.5, 0.6) is 0 Å². The van der Waals surface area contributed by atoms with Gasteiger partial charge >= 0.3 is 5.97 Å². The molecule has 1 heterocycles. The van der Waals surface area contributed by atoms with E-state index in [-0.39, 0.29) is 11.1 Å². The number of carbonyl (C=O) groups is 1. The van der Waals surface area contributed by atoms with Crippen LogP contribution in [0.1, 0.15) is 15.9 Å². The number of carboxylic acids is 1. The molecule has 110 valence electrons. The van der Waals surface area contributed by atoms with Crippen molar-refractivity contribution in [2.24, 2.45) is 0 Å². The normalized spacial score (nSPS) is 10.8. The third-order valence-electron chi connectivity index (χ3n) is 3.47. The van der Waals surface area contributed by atoms with Gasteiger partial charge in [-0.05, 0) is 47.3 Å². The van der Waals surface area contributed by atoms with Crippen LogP contribution in [0.2, 0.25) is 5.02 Å². The molecule has 0 bridgehead atoms. The zero-order chi connectivity index (χ0) is 15.7. The summed E-state index contributed by atoms with van der Waals surface area (Å²) in [6, 6.07) is 13.5. The van der Waals surface area contributed by atoms with Crippen LogP contribution >= 0.6 is 11.6 Å². The summed E-state index contributed by atoms with van der Waals surface area (Å²) in [5.41, 5.74) is 0.836. The number of benzene rings is 2. The highest BCUT2D eigenvalue weighted by molar-refractivity contribution is 6.31. The second kappa shape index (κ2) is 5.66. The highest BCUT2D eigenvalue weighted by Crippen LogP contribution is 2.16. The molecule has 0 atom stereocenters. The first-order chi connectivity index (χ1) is 10.5. The number of halogens is 1. The van der Waals surface area contributed by atoms with E-state index in [9.17, 15) is 9.59 Å². The second-order valence-electron chi connectivity index (χ2n) is 4.99. The van der Waals surface area contributed by atoms with Crippen LogP contribution in [0.3, 0.4) is 0 Å². The summed E-state index contributed by atoms with van der Waals surface area (Å²) in [4.78, 5) is 23.5. The van der Waals surface area contributed by atoms with Gasteiger partial charge < -0.3 is 9.67 Å². The van der Waals surface area contributed by atoms with Gasteiger partial charge in [-0.15, -0.1) is 0 Å². The van der Waals surface area contributed by atoms with E-state index >= 15 is 0 Å². The summed E-state index contributed by atoms with van der Waals surface area (Å²) in [5, 5.41) is 11.0. The molecule has 5 heteroatoms. The van der Waals surface area contributed by atoms with E-state index in [1.807, 2.05) is 6.07 Å². The molecule has 0 saturated carbocycles. The Morgan fingerprint density at radius 1 is 1.14 bits per heavy atom. The summed E-state index contributed by atoms with van der Waals surface area (Å²) >= 11 is 5.92. The molecule has 0 aliphatic heterocycles. The van der Waals surface area contributed by atoms with Crippen molar-refractivity contribution in [3.05, 3.63) is 81.2 Å². The highest BCUT2D eigenvalue weighted by Gasteiger charge is 2.06. The second-order valence-corrected chi connectivity index (χ2v) is 5.42. The van der Waals surface area contributed by atoms with Gasteiger partial charge in [0.25, 0.3) is 5.56 Å². The molecule has 0 unspecified atom stereocenters. The summed E-state index contributed by atoms with van der Waals surface area (Å²) in [6.45, 7) is 0.318. The molecular weight excluding hydrogens is 302 g/mol. The molecule has 1 N–H and O–H groups in total. The monoisotopic (exact) mass is 313 g/mol. The van der Waals surface area contributed by atoms with E-state index < -0.39 is 5.97 Å². The zero-order valence-electron chi connectivity index (χ0n) is 11.5. The largest absolute Gasteiger partial charge is 0.478 e. The van der Waals surface area contributed by atoms with Crippen molar-refractivity contribution in [2.75, 3.05) is 0 Å². The fourth-order valence-corrected chi connectivity index (χ4v) is 2.56. The smallest absolute Gasteiger partial charge is 0.335 e. The number of hydrogen-bond acceptors (Lipinski definition) is 2. The minimum Gasteiger partial charge on any atom is -0.478 e. The van der Waals surface area contributed by atoms with Crippen LogP contribution in [-0.2, 0) is 6.54 Å². The number of pyridine rings is 1. The molecule has 0 aliphatic carbocycles. The molecule has 3 aromatic rings. The Morgan fingerprint density at radius 3 is 2.73 bits per heavy atom. The summed E-state index contributed by atoms with van der Waals surface area (Å²) in [7, 11) is 0. The van der Waals surface area contributed by atoms with Gasteiger partial charge in [0.1, 0.15) is 0 Å². The van der Waals surface area contributed by atoms with Crippen LogP contribution in [-0.4, -0.2) is 15.6 Å². The lowest BCUT2D eigenvalue weighted by Gasteiger charge is -2.08. The van der Waals surface area contributed by atoms with E-state index in [0.717, 1.165) is 10.9 Å². The van der Waals surface area contributed by atoms with Crippen LogP contribution in [0.4, 0.5) is 0 Å². The van der Waals surface area contributed by atoms with Gasteiger partial charge in [-0.3, -0.25) is 4.79 Å². The summed E-state index contributed by atoms with van der Waals surface area (Å²) in [6.07, 6.45) is 1.69. The molecule has 3 rings (SSSR count). The highest BCUT2D eigenvalue weighted by atomic mass is 35.5. The molecule has 0 fully saturated rings. The van der Waals surface area contributed by atoms with Gasteiger partial charge in [0.05, 0.1) is 12.1 Å². The minimum atomic E-state index is -0.984. The number of nitrogens with zero attached hydrogens (tertiary/aromatic N) is 1. The molecular formula is C17H12ClNO3. The van der Waals surface area contributed by atoms with Crippen molar-refractivity contribution in [3.63, 3.8) is 0 Å². The van der Waals surface area contributed by atoms with Crippen molar-refractivity contribution in [1.29, 1.82) is 0 Å². The number of carboxylic acid groups (broad SMARTS) is 1. The molecule has 1 aromatic heterocycles. The predicted octanol–water partition coefficient (Wildman–Crippen LogP) is 3.40. The van der Waals surface area contributed by atoms with Gasteiger partial charge in [-0.1, -0.05) is 23.7 Å². The van der Waals surface area contributed by atoms with Gasteiger partial charge in [0, 0.05) is 16.6 Å². The van der Waals surface area contributed by atoms with E-state index in [1.165, 1.54) is 6.07 Å². The Bertz CT molecular complexity index is 931. The fraction of sp³-hybridized carbons (Fsp3) is 0.0588. The molecule has 0 spiro atoms. The fourth-order valence-electron chi connectivity index (χ4n) is 2.38. The molecule has 0 aliphatic rings. The lowest BCUT2D eigenvalue weighted by molar-refractivity contribution is 0.0696. The maximum atomic E-state index is 12.5. The van der Waals surface area contributed by atoms with Crippen LogP contribution in [0.15, 0.2) is 59.5 Å². The Hall–Kier alpha value is -2.59. The SMILES string of the molecule is O=C(O)c1cccc(Cn2ccc3cc(Cl)ccc3c2=O)c1. The first kappa shape index (κ1) is 14.4. The summed E-state index contributed by atoms with van der Waals surface area (Å²) in [5.74, 6) is -0.984. The first-order valence-corrected chi connectivity index (χ1v) is 7.03.